The third kappa shape index (κ3) is 2.19. The number of rotatable bonds is 2. The lowest BCUT2D eigenvalue weighted by Gasteiger charge is -2.21. The second kappa shape index (κ2) is 4.47. The number of hydrogen-bond acceptors (Lipinski definition) is 2. The molecule has 1 heterocycles. The fraction of sp³-hybridized carbons (Fsp3) is 0.500. The van der Waals surface area contributed by atoms with E-state index < -0.39 is 0 Å². The minimum absolute atomic E-state index is 0.0771. The Kier molecular flexibility index (Phi) is 3.18. The number of carbonyl (C=O) groups is 1. The second-order valence-corrected chi connectivity index (χ2v) is 5.05. The van der Waals surface area contributed by atoms with E-state index in [1.807, 2.05) is 4.90 Å². The third-order valence-electron chi connectivity index (χ3n) is 3.67. The summed E-state index contributed by atoms with van der Waals surface area (Å²) in [5.41, 5.74) is 0.975. The van der Waals surface area contributed by atoms with Gasteiger partial charge in [-0.25, -0.2) is 4.39 Å². The summed E-state index contributed by atoms with van der Waals surface area (Å²) in [7, 11) is 0. The molecule has 92 valence electrons. The highest BCUT2D eigenvalue weighted by atomic mass is 19.1. The van der Waals surface area contributed by atoms with Crippen molar-refractivity contribution >= 4 is 11.5 Å². The Balaban J connectivity index is 2.41. The van der Waals surface area contributed by atoms with Crippen molar-refractivity contribution in [3.05, 3.63) is 29.6 Å². The molecule has 2 rings (SSSR count). The Morgan fingerprint density at radius 3 is 2.41 bits per heavy atom. The Bertz CT molecular complexity index is 434. The molecule has 0 bridgehead atoms. The van der Waals surface area contributed by atoms with Crippen LogP contribution in [0.2, 0.25) is 0 Å². The molecule has 1 aromatic carbocycles. The molecule has 2 nitrogen and oxygen atoms in total. The fourth-order valence-corrected chi connectivity index (χ4v) is 2.43. The van der Waals surface area contributed by atoms with E-state index in [2.05, 4.69) is 13.8 Å². The van der Waals surface area contributed by atoms with E-state index in [1.165, 1.54) is 13.0 Å². The molecule has 0 saturated carbocycles. The zero-order valence-corrected chi connectivity index (χ0v) is 10.5. The minimum atomic E-state index is -0.293. The number of nitrogens with zero attached hydrogens (tertiary/aromatic N) is 1. The van der Waals surface area contributed by atoms with Crippen molar-refractivity contribution in [1.29, 1.82) is 0 Å². The Morgan fingerprint density at radius 1 is 1.29 bits per heavy atom. The van der Waals surface area contributed by atoms with Crippen molar-refractivity contribution in [1.82, 2.24) is 0 Å². The number of benzene rings is 1. The Hall–Kier alpha value is -1.38. The minimum Gasteiger partial charge on any atom is -0.368 e. The van der Waals surface area contributed by atoms with Crippen molar-refractivity contribution < 1.29 is 9.18 Å². The van der Waals surface area contributed by atoms with Gasteiger partial charge in [0.15, 0.2) is 5.78 Å². The lowest BCUT2D eigenvalue weighted by Crippen LogP contribution is -2.23. The zero-order valence-electron chi connectivity index (χ0n) is 10.5. The van der Waals surface area contributed by atoms with Gasteiger partial charge in [0.05, 0.1) is 5.69 Å². The van der Waals surface area contributed by atoms with Crippen LogP contribution in [-0.4, -0.2) is 18.9 Å². The van der Waals surface area contributed by atoms with E-state index in [4.69, 9.17) is 0 Å². The summed E-state index contributed by atoms with van der Waals surface area (Å²) in [6.07, 6.45) is 0. The number of Topliss-reactive ketones (excluding diaryl/α,β-unsaturated/α-hetero) is 1. The highest BCUT2D eigenvalue weighted by Crippen LogP contribution is 2.32. The first-order valence-corrected chi connectivity index (χ1v) is 6.05. The van der Waals surface area contributed by atoms with Crippen molar-refractivity contribution in [3.63, 3.8) is 0 Å². The first-order valence-electron chi connectivity index (χ1n) is 6.05. The average molecular weight is 235 g/mol. The topological polar surface area (TPSA) is 20.3 Å². The summed E-state index contributed by atoms with van der Waals surface area (Å²) in [5.74, 6) is 0.703. The SMILES string of the molecule is CC(=O)c1cccc(F)c1N1CC(C)C(C)C1. The second-order valence-electron chi connectivity index (χ2n) is 5.05. The normalized spacial score (nSPS) is 24.1. The maximum atomic E-state index is 13.9. The number of halogens is 1. The maximum absolute atomic E-state index is 13.9. The van der Waals surface area contributed by atoms with Gasteiger partial charge in [-0.1, -0.05) is 19.9 Å². The van der Waals surface area contributed by atoms with E-state index in [-0.39, 0.29) is 11.6 Å². The summed E-state index contributed by atoms with van der Waals surface area (Å²) in [4.78, 5) is 13.5. The fourth-order valence-electron chi connectivity index (χ4n) is 2.43. The molecular weight excluding hydrogens is 217 g/mol. The van der Waals surface area contributed by atoms with E-state index in [1.54, 1.807) is 12.1 Å². The molecule has 1 aliphatic heterocycles. The summed E-state index contributed by atoms with van der Waals surface area (Å²) >= 11 is 0. The molecule has 2 unspecified atom stereocenters. The van der Waals surface area contributed by atoms with Crippen LogP contribution in [0.4, 0.5) is 10.1 Å². The standard InChI is InChI=1S/C14H18FNO/c1-9-7-16(8-10(9)2)14-12(11(3)17)5-4-6-13(14)15/h4-6,9-10H,7-8H2,1-3H3. The molecule has 1 saturated heterocycles. The third-order valence-corrected chi connectivity index (χ3v) is 3.67. The molecule has 0 amide bonds. The number of ketones is 1. The smallest absolute Gasteiger partial charge is 0.161 e. The van der Waals surface area contributed by atoms with Crippen LogP contribution in [0.25, 0.3) is 0 Å². The van der Waals surface area contributed by atoms with E-state index in [0.29, 0.717) is 23.1 Å². The number of anilines is 1. The maximum Gasteiger partial charge on any atom is 0.161 e. The van der Waals surface area contributed by atoms with Gasteiger partial charge in [0.2, 0.25) is 0 Å². The van der Waals surface area contributed by atoms with Crippen molar-refractivity contribution in [2.24, 2.45) is 11.8 Å². The van der Waals surface area contributed by atoms with E-state index >= 15 is 0 Å². The predicted octanol–water partition coefficient (Wildman–Crippen LogP) is 3.12. The first-order chi connectivity index (χ1) is 8.00. The number of carbonyl (C=O) groups excluding carboxylic acids is 1. The molecule has 1 fully saturated rings. The molecule has 1 aliphatic rings. The van der Waals surface area contributed by atoms with Gasteiger partial charge in [0.1, 0.15) is 5.82 Å². The largest absolute Gasteiger partial charge is 0.368 e. The lowest BCUT2D eigenvalue weighted by atomic mass is 10.0. The summed E-state index contributed by atoms with van der Waals surface area (Å²) in [6, 6.07) is 4.72. The zero-order chi connectivity index (χ0) is 12.6. The molecule has 17 heavy (non-hydrogen) atoms. The van der Waals surface area contributed by atoms with Gasteiger partial charge in [-0.3, -0.25) is 4.79 Å². The summed E-state index contributed by atoms with van der Waals surface area (Å²) < 4.78 is 13.9. The van der Waals surface area contributed by atoms with Crippen molar-refractivity contribution in [2.45, 2.75) is 20.8 Å². The highest BCUT2D eigenvalue weighted by Gasteiger charge is 2.29. The van der Waals surface area contributed by atoms with Gasteiger partial charge in [-0.2, -0.15) is 0 Å². The molecule has 3 heteroatoms. The van der Waals surface area contributed by atoms with Gasteiger partial charge < -0.3 is 4.90 Å². The van der Waals surface area contributed by atoms with Gasteiger partial charge in [-0.05, 0) is 30.9 Å². The molecule has 1 aromatic rings. The van der Waals surface area contributed by atoms with Crippen LogP contribution in [0, 0.1) is 17.7 Å². The number of para-hydroxylation sites is 1. The van der Waals surface area contributed by atoms with Crippen LogP contribution in [0.15, 0.2) is 18.2 Å². The molecule has 0 aromatic heterocycles. The Labute approximate surface area is 101 Å². The first kappa shape index (κ1) is 12.1. The highest BCUT2D eigenvalue weighted by molar-refractivity contribution is 5.99. The molecule has 2 atom stereocenters. The quantitative estimate of drug-likeness (QED) is 0.734. The molecule has 0 N–H and O–H groups in total. The van der Waals surface area contributed by atoms with E-state index in [0.717, 1.165) is 13.1 Å². The number of hydrogen-bond donors (Lipinski definition) is 0. The van der Waals surface area contributed by atoms with Crippen LogP contribution < -0.4 is 4.90 Å². The Morgan fingerprint density at radius 2 is 1.88 bits per heavy atom. The van der Waals surface area contributed by atoms with Gasteiger partial charge in [0.25, 0.3) is 0 Å². The van der Waals surface area contributed by atoms with Gasteiger partial charge in [0, 0.05) is 18.7 Å². The summed E-state index contributed by atoms with van der Waals surface area (Å²) in [5, 5.41) is 0. The van der Waals surface area contributed by atoms with Crippen LogP contribution in [0.5, 0.6) is 0 Å². The molecule has 0 aliphatic carbocycles. The van der Waals surface area contributed by atoms with Gasteiger partial charge >= 0.3 is 0 Å². The average Bonchev–Trinajstić information content (AvgIpc) is 2.58. The van der Waals surface area contributed by atoms with Crippen molar-refractivity contribution in [3.8, 4) is 0 Å². The predicted molar refractivity (Wildman–Crippen MR) is 66.9 cm³/mol. The van der Waals surface area contributed by atoms with Crippen LogP contribution in [0.1, 0.15) is 31.1 Å². The molecular formula is C14H18FNO. The van der Waals surface area contributed by atoms with Gasteiger partial charge in [-0.15, -0.1) is 0 Å². The van der Waals surface area contributed by atoms with Crippen LogP contribution in [0.3, 0.4) is 0 Å². The molecule has 0 spiro atoms. The van der Waals surface area contributed by atoms with Crippen LogP contribution in [-0.2, 0) is 0 Å². The molecule has 0 radical (unpaired) electrons. The monoisotopic (exact) mass is 235 g/mol. The summed E-state index contributed by atoms with van der Waals surface area (Å²) in [6.45, 7) is 7.46. The van der Waals surface area contributed by atoms with E-state index in [9.17, 15) is 9.18 Å². The van der Waals surface area contributed by atoms with Crippen molar-refractivity contribution in [2.75, 3.05) is 18.0 Å². The lowest BCUT2D eigenvalue weighted by molar-refractivity contribution is 0.101. The van der Waals surface area contributed by atoms with Crippen LogP contribution >= 0.6 is 0 Å².